The second-order valence-electron chi connectivity index (χ2n) is 3.57. The van der Waals surface area contributed by atoms with E-state index in [0.29, 0.717) is 5.91 Å². The molecule has 1 amide bonds. The van der Waals surface area contributed by atoms with Crippen LogP contribution in [0.15, 0.2) is 0 Å². The Balaban J connectivity index is 2.40. The molecule has 0 saturated carbocycles. The lowest BCUT2D eigenvalue weighted by molar-refractivity contribution is -0.135. The minimum Gasteiger partial charge on any atom is -0.340 e. The fraction of sp³-hybridized carbons (Fsp3) is 0.900. The number of carbonyl (C=O) groups excluding carboxylic acids is 1. The fourth-order valence-electron chi connectivity index (χ4n) is 1.74. The van der Waals surface area contributed by atoms with E-state index in [2.05, 4.69) is 12.2 Å². The van der Waals surface area contributed by atoms with Crippen molar-refractivity contribution < 1.29 is 4.79 Å². The Hall–Kier alpha value is -0.570. The molecule has 1 unspecified atom stereocenters. The molecule has 76 valence electrons. The van der Waals surface area contributed by atoms with Gasteiger partial charge in [0, 0.05) is 19.6 Å². The van der Waals surface area contributed by atoms with Crippen LogP contribution in [0.25, 0.3) is 0 Å². The van der Waals surface area contributed by atoms with Gasteiger partial charge in [-0.1, -0.05) is 19.8 Å². The van der Waals surface area contributed by atoms with Crippen LogP contribution < -0.4 is 5.32 Å². The summed E-state index contributed by atoms with van der Waals surface area (Å²) in [6.45, 7) is 6.88. The largest absolute Gasteiger partial charge is 0.340 e. The predicted octanol–water partition coefficient (Wildman–Crippen LogP) is 0.997. The number of amides is 1. The summed E-state index contributed by atoms with van der Waals surface area (Å²) < 4.78 is 0. The lowest BCUT2D eigenvalue weighted by atomic mass is 10.1. The molecule has 3 heteroatoms. The summed E-state index contributed by atoms with van der Waals surface area (Å²) in [6.07, 6.45) is 3.30. The standard InChI is InChI=1S/C10H20N2O/c1-3-5-6-9-10(13)12(4-2)8-7-11-9/h9,11H,3-8H2,1-2H3. The summed E-state index contributed by atoms with van der Waals surface area (Å²) in [4.78, 5) is 13.7. The molecule has 0 aliphatic carbocycles. The van der Waals surface area contributed by atoms with E-state index >= 15 is 0 Å². The van der Waals surface area contributed by atoms with Gasteiger partial charge in [-0.25, -0.2) is 0 Å². The Bertz CT molecular complexity index is 170. The first-order chi connectivity index (χ1) is 6.29. The van der Waals surface area contributed by atoms with Crippen LogP contribution in [0.4, 0.5) is 0 Å². The van der Waals surface area contributed by atoms with Crippen LogP contribution in [0.3, 0.4) is 0 Å². The average Bonchev–Trinajstić information content (AvgIpc) is 2.16. The number of likely N-dealkylation sites (N-methyl/N-ethyl adjacent to an activating group) is 1. The van der Waals surface area contributed by atoms with Crippen molar-refractivity contribution in [3.8, 4) is 0 Å². The fourth-order valence-corrected chi connectivity index (χ4v) is 1.74. The number of rotatable bonds is 4. The zero-order chi connectivity index (χ0) is 9.68. The molecule has 1 N–H and O–H groups in total. The molecule has 0 aromatic heterocycles. The number of carbonyl (C=O) groups is 1. The molecule has 1 fully saturated rings. The second-order valence-corrected chi connectivity index (χ2v) is 3.57. The van der Waals surface area contributed by atoms with Gasteiger partial charge in [0.2, 0.25) is 5.91 Å². The van der Waals surface area contributed by atoms with Crippen LogP contribution in [-0.2, 0) is 4.79 Å². The lowest BCUT2D eigenvalue weighted by Crippen LogP contribution is -2.54. The van der Waals surface area contributed by atoms with Crippen molar-refractivity contribution in [3.63, 3.8) is 0 Å². The van der Waals surface area contributed by atoms with Crippen molar-refractivity contribution in [1.29, 1.82) is 0 Å². The molecule has 1 atom stereocenters. The topological polar surface area (TPSA) is 32.3 Å². The van der Waals surface area contributed by atoms with Gasteiger partial charge >= 0.3 is 0 Å². The Labute approximate surface area is 80.5 Å². The van der Waals surface area contributed by atoms with Gasteiger partial charge in [0.25, 0.3) is 0 Å². The van der Waals surface area contributed by atoms with Gasteiger partial charge in [0.15, 0.2) is 0 Å². The van der Waals surface area contributed by atoms with E-state index in [1.165, 1.54) is 0 Å². The van der Waals surface area contributed by atoms with Crippen LogP contribution in [0.2, 0.25) is 0 Å². The molecule has 13 heavy (non-hydrogen) atoms. The minimum absolute atomic E-state index is 0.0913. The third-order valence-electron chi connectivity index (χ3n) is 2.61. The maximum atomic E-state index is 11.7. The van der Waals surface area contributed by atoms with E-state index in [1.807, 2.05) is 11.8 Å². The third kappa shape index (κ3) is 2.69. The summed E-state index contributed by atoms with van der Waals surface area (Å²) in [5.74, 6) is 0.294. The quantitative estimate of drug-likeness (QED) is 0.707. The van der Waals surface area contributed by atoms with Crippen molar-refractivity contribution in [2.24, 2.45) is 0 Å². The highest BCUT2D eigenvalue weighted by Gasteiger charge is 2.26. The van der Waals surface area contributed by atoms with Gasteiger partial charge in [0.1, 0.15) is 0 Å². The first-order valence-corrected chi connectivity index (χ1v) is 5.31. The number of hydrogen-bond donors (Lipinski definition) is 1. The highest BCUT2D eigenvalue weighted by molar-refractivity contribution is 5.82. The van der Waals surface area contributed by atoms with Crippen LogP contribution in [0, 0.1) is 0 Å². The van der Waals surface area contributed by atoms with Gasteiger partial charge in [-0.3, -0.25) is 4.79 Å². The van der Waals surface area contributed by atoms with Crippen molar-refractivity contribution in [1.82, 2.24) is 10.2 Å². The highest BCUT2D eigenvalue weighted by atomic mass is 16.2. The number of nitrogens with one attached hydrogen (secondary N) is 1. The Morgan fingerprint density at radius 1 is 1.54 bits per heavy atom. The molecule has 1 heterocycles. The molecular weight excluding hydrogens is 164 g/mol. The van der Waals surface area contributed by atoms with Gasteiger partial charge in [-0.2, -0.15) is 0 Å². The zero-order valence-corrected chi connectivity index (χ0v) is 8.68. The molecular formula is C10H20N2O. The summed E-state index contributed by atoms with van der Waals surface area (Å²) in [6, 6.07) is 0.0913. The van der Waals surface area contributed by atoms with Gasteiger partial charge in [-0.05, 0) is 13.3 Å². The minimum atomic E-state index is 0.0913. The Kier molecular flexibility index (Phi) is 4.22. The lowest BCUT2D eigenvalue weighted by Gasteiger charge is -2.32. The molecule has 0 aromatic carbocycles. The summed E-state index contributed by atoms with van der Waals surface area (Å²) in [7, 11) is 0. The molecule has 1 aliphatic heterocycles. The van der Waals surface area contributed by atoms with Crippen molar-refractivity contribution >= 4 is 5.91 Å². The van der Waals surface area contributed by atoms with E-state index in [9.17, 15) is 4.79 Å². The third-order valence-corrected chi connectivity index (χ3v) is 2.61. The molecule has 0 aromatic rings. The second kappa shape index (κ2) is 5.22. The van der Waals surface area contributed by atoms with Crippen LogP contribution in [0.1, 0.15) is 33.1 Å². The Morgan fingerprint density at radius 3 is 2.92 bits per heavy atom. The summed E-state index contributed by atoms with van der Waals surface area (Å²) >= 11 is 0. The molecule has 1 saturated heterocycles. The molecule has 0 bridgehead atoms. The molecule has 1 rings (SSSR count). The summed E-state index contributed by atoms with van der Waals surface area (Å²) in [5.41, 5.74) is 0. The van der Waals surface area contributed by atoms with Crippen LogP contribution in [-0.4, -0.2) is 36.5 Å². The van der Waals surface area contributed by atoms with Gasteiger partial charge in [0.05, 0.1) is 6.04 Å². The number of piperazine rings is 1. The van der Waals surface area contributed by atoms with E-state index in [1.54, 1.807) is 0 Å². The first-order valence-electron chi connectivity index (χ1n) is 5.31. The Morgan fingerprint density at radius 2 is 2.31 bits per heavy atom. The summed E-state index contributed by atoms with van der Waals surface area (Å²) in [5, 5.41) is 3.28. The molecule has 1 aliphatic rings. The predicted molar refractivity (Wildman–Crippen MR) is 53.6 cm³/mol. The van der Waals surface area contributed by atoms with E-state index < -0.39 is 0 Å². The van der Waals surface area contributed by atoms with Crippen molar-refractivity contribution in [2.45, 2.75) is 39.2 Å². The van der Waals surface area contributed by atoms with E-state index in [4.69, 9.17) is 0 Å². The van der Waals surface area contributed by atoms with Gasteiger partial charge < -0.3 is 10.2 Å². The van der Waals surface area contributed by atoms with Crippen molar-refractivity contribution in [2.75, 3.05) is 19.6 Å². The van der Waals surface area contributed by atoms with E-state index in [-0.39, 0.29) is 6.04 Å². The zero-order valence-electron chi connectivity index (χ0n) is 8.68. The van der Waals surface area contributed by atoms with Gasteiger partial charge in [-0.15, -0.1) is 0 Å². The maximum Gasteiger partial charge on any atom is 0.239 e. The number of hydrogen-bond acceptors (Lipinski definition) is 2. The first kappa shape index (κ1) is 10.5. The maximum absolute atomic E-state index is 11.7. The van der Waals surface area contributed by atoms with Crippen LogP contribution >= 0.6 is 0 Å². The van der Waals surface area contributed by atoms with E-state index in [0.717, 1.165) is 38.9 Å². The van der Waals surface area contributed by atoms with Crippen molar-refractivity contribution in [3.05, 3.63) is 0 Å². The molecule has 0 radical (unpaired) electrons. The molecule has 3 nitrogen and oxygen atoms in total. The molecule has 0 spiro atoms. The smallest absolute Gasteiger partial charge is 0.239 e. The number of nitrogens with zero attached hydrogens (tertiary/aromatic N) is 1. The monoisotopic (exact) mass is 184 g/mol. The average molecular weight is 184 g/mol. The normalized spacial score (nSPS) is 23.7. The highest BCUT2D eigenvalue weighted by Crippen LogP contribution is 2.07. The SMILES string of the molecule is CCCCC1NCCN(CC)C1=O. The van der Waals surface area contributed by atoms with Crippen LogP contribution in [0.5, 0.6) is 0 Å². The number of unbranched alkanes of at least 4 members (excludes halogenated alkanes) is 1.